The predicted molar refractivity (Wildman–Crippen MR) is 85.2 cm³/mol. The van der Waals surface area contributed by atoms with Gasteiger partial charge in [-0.1, -0.05) is 12.1 Å². The van der Waals surface area contributed by atoms with Gasteiger partial charge in [0.1, 0.15) is 11.0 Å². The summed E-state index contributed by atoms with van der Waals surface area (Å²) in [4.78, 5) is 0.109. The lowest BCUT2D eigenvalue weighted by Crippen LogP contribution is -2.39. The largest absolute Gasteiger partial charge is 0.270 e. The molecule has 6 nitrogen and oxygen atoms in total. The highest BCUT2D eigenvalue weighted by atomic mass is 32.2. The maximum atomic E-state index is 12.9. The van der Waals surface area contributed by atoms with Gasteiger partial charge in [-0.15, -0.1) is 0 Å². The summed E-state index contributed by atoms with van der Waals surface area (Å²) in [6, 6.07) is 9.06. The summed E-state index contributed by atoms with van der Waals surface area (Å²) in [6.07, 6.45) is 5.07. The van der Waals surface area contributed by atoms with Crippen molar-refractivity contribution in [2.75, 3.05) is 13.1 Å². The van der Waals surface area contributed by atoms with Gasteiger partial charge in [-0.05, 0) is 37.5 Å². The molecule has 1 fully saturated rings. The summed E-state index contributed by atoms with van der Waals surface area (Å²) in [5, 5.41) is 13.5. The Labute approximate surface area is 136 Å². The maximum absolute atomic E-state index is 12.9. The van der Waals surface area contributed by atoms with Crippen molar-refractivity contribution < 1.29 is 8.42 Å². The first kappa shape index (κ1) is 15.7. The molecular formula is C16H18N4O2S. The van der Waals surface area contributed by atoms with Gasteiger partial charge in [0.2, 0.25) is 10.0 Å². The molecule has 0 radical (unpaired) electrons. The van der Waals surface area contributed by atoms with Gasteiger partial charge in [-0.2, -0.15) is 14.7 Å². The Morgan fingerprint density at radius 3 is 2.61 bits per heavy atom. The molecule has 23 heavy (non-hydrogen) atoms. The van der Waals surface area contributed by atoms with Crippen molar-refractivity contribution in [3.63, 3.8) is 0 Å². The minimum Gasteiger partial charge on any atom is -0.270 e. The Balaban J connectivity index is 1.83. The van der Waals surface area contributed by atoms with Crippen molar-refractivity contribution in [3.8, 4) is 6.07 Å². The van der Waals surface area contributed by atoms with Crippen LogP contribution in [-0.2, 0) is 10.0 Å². The van der Waals surface area contributed by atoms with Gasteiger partial charge < -0.3 is 0 Å². The number of aryl methyl sites for hydroxylation is 1. The Morgan fingerprint density at radius 2 is 2.00 bits per heavy atom. The van der Waals surface area contributed by atoms with E-state index in [-0.39, 0.29) is 16.5 Å². The predicted octanol–water partition coefficient (Wildman–Crippen LogP) is 2.09. The van der Waals surface area contributed by atoms with E-state index in [0.29, 0.717) is 31.5 Å². The summed E-state index contributed by atoms with van der Waals surface area (Å²) < 4.78 is 29.1. The quantitative estimate of drug-likeness (QED) is 0.863. The van der Waals surface area contributed by atoms with Crippen molar-refractivity contribution >= 4 is 10.0 Å². The summed E-state index contributed by atoms with van der Waals surface area (Å²) in [5.74, 6) is 0. The molecule has 0 unspecified atom stereocenters. The second-order valence-electron chi connectivity index (χ2n) is 5.68. The van der Waals surface area contributed by atoms with Crippen LogP contribution in [-0.4, -0.2) is 35.6 Å². The number of hydrogen-bond acceptors (Lipinski definition) is 4. The fourth-order valence-corrected chi connectivity index (χ4v) is 4.67. The number of aromatic nitrogens is 2. The molecule has 120 valence electrons. The monoisotopic (exact) mass is 330 g/mol. The number of hydrogen-bond donors (Lipinski definition) is 0. The molecule has 2 aromatic rings. The average Bonchev–Trinajstić information content (AvgIpc) is 3.09. The van der Waals surface area contributed by atoms with E-state index in [2.05, 4.69) is 5.10 Å². The first-order valence-electron chi connectivity index (χ1n) is 7.53. The highest BCUT2D eigenvalue weighted by Gasteiger charge is 2.32. The van der Waals surface area contributed by atoms with E-state index in [1.807, 2.05) is 23.0 Å². The summed E-state index contributed by atoms with van der Waals surface area (Å²) in [5.41, 5.74) is 0.918. The normalized spacial score (nSPS) is 17.0. The SMILES string of the molecule is Cc1cccc(S(=O)(=O)N2CCC(n3cccn3)CC2)c1C#N. The Morgan fingerprint density at radius 1 is 1.26 bits per heavy atom. The van der Waals surface area contributed by atoms with Crippen molar-refractivity contribution in [2.24, 2.45) is 0 Å². The molecule has 0 N–H and O–H groups in total. The number of rotatable bonds is 3. The second kappa shape index (κ2) is 6.14. The van der Waals surface area contributed by atoms with Gasteiger partial charge >= 0.3 is 0 Å². The van der Waals surface area contributed by atoms with E-state index in [0.717, 1.165) is 0 Å². The fraction of sp³-hybridized carbons (Fsp3) is 0.375. The molecule has 0 bridgehead atoms. The smallest absolute Gasteiger partial charge is 0.244 e. The van der Waals surface area contributed by atoms with E-state index in [4.69, 9.17) is 0 Å². The van der Waals surface area contributed by atoms with Crippen molar-refractivity contribution in [1.29, 1.82) is 5.26 Å². The van der Waals surface area contributed by atoms with Crippen LogP contribution in [0, 0.1) is 18.3 Å². The standard InChI is InChI=1S/C16H18N4O2S/c1-13-4-2-5-16(15(13)12-17)23(21,22)19-10-6-14(7-11-19)20-9-3-8-18-20/h2-5,8-9,14H,6-7,10-11H2,1H3. The van der Waals surface area contributed by atoms with Crippen LogP contribution in [0.2, 0.25) is 0 Å². The lowest BCUT2D eigenvalue weighted by Gasteiger charge is -2.31. The second-order valence-corrected chi connectivity index (χ2v) is 7.59. The number of benzene rings is 1. The number of piperidine rings is 1. The highest BCUT2D eigenvalue weighted by Crippen LogP contribution is 2.28. The lowest BCUT2D eigenvalue weighted by atomic mass is 10.1. The zero-order valence-corrected chi connectivity index (χ0v) is 13.7. The Kier molecular flexibility index (Phi) is 4.20. The van der Waals surface area contributed by atoms with Gasteiger partial charge in [-0.3, -0.25) is 4.68 Å². The van der Waals surface area contributed by atoms with Crippen LogP contribution in [0.5, 0.6) is 0 Å². The molecule has 3 rings (SSSR count). The van der Waals surface area contributed by atoms with Gasteiger partial charge in [0, 0.05) is 25.5 Å². The van der Waals surface area contributed by atoms with Gasteiger partial charge in [0.05, 0.1) is 11.6 Å². The zero-order chi connectivity index (χ0) is 16.4. The Bertz CT molecular complexity index is 829. The molecule has 0 spiro atoms. The van der Waals surface area contributed by atoms with Crippen LogP contribution in [0.1, 0.15) is 30.0 Å². The van der Waals surface area contributed by atoms with Gasteiger partial charge in [-0.25, -0.2) is 8.42 Å². The van der Waals surface area contributed by atoms with E-state index in [9.17, 15) is 13.7 Å². The highest BCUT2D eigenvalue weighted by molar-refractivity contribution is 7.89. The zero-order valence-electron chi connectivity index (χ0n) is 12.9. The number of nitrogens with zero attached hydrogens (tertiary/aromatic N) is 4. The minimum atomic E-state index is -3.64. The molecule has 1 saturated heterocycles. The third-order valence-corrected chi connectivity index (χ3v) is 6.23. The summed E-state index contributed by atoms with van der Waals surface area (Å²) in [7, 11) is -3.64. The molecule has 1 aromatic carbocycles. The molecule has 7 heteroatoms. The molecule has 0 amide bonds. The van der Waals surface area contributed by atoms with E-state index >= 15 is 0 Å². The van der Waals surface area contributed by atoms with Crippen LogP contribution in [0.3, 0.4) is 0 Å². The van der Waals surface area contributed by atoms with Crippen LogP contribution < -0.4 is 0 Å². The fourth-order valence-electron chi connectivity index (χ4n) is 2.98. The van der Waals surface area contributed by atoms with Crippen LogP contribution in [0.4, 0.5) is 0 Å². The molecular weight excluding hydrogens is 312 g/mol. The van der Waals surface area contributed by atoms with Crippen molar-refractivity contribution in [2.45, 2.75) is 30.7 Å². The molecule has 1 aliphatic rings. The number of nitriles is 1. The minimum absolute atomic E-state index is 0.109. The van der Waals surface area contributed by atoms with Crippen LogP contribution >= 0.6 is 0 Å². The van der Waals surface area contributed by atoms with Gasteiger partial charge in [0.25, 0.3) is 0 Å². The molecule has 2 heterocycles. The summed E-state index contributed by atoms with van der Waals surface area (Å²) in [6.45, 7) is 2.62. The first-order valence-corrected chi connectivity index (χ1v) is 8.97. The molecule has 0 saturated carbocycles. The van der Waals surface area contributed by atoms with Crippen molar-refractivity contribution in [3.05, 3.63) is 47.8 Å². The maximum Gasteiger partial charge on any atom is 0.244 e. The van der Waals surface area contributed by atoms with E-state index in [1.165, 1.54) is 10.4 Å². The lowest BCUT2D eigenvalue weighted by molar-refractivity contribution is 0.261. The topological polar surface area (TPSA) is 79.0 Å². The van der Waals surface area contributed by atoms with Crippen LogP contribution in [0.15, 0.2) is 41.6 Å². The first-order chi connectivity index (χ1) is 11.0. The molecule has 1 aliphatic heterocycles. The van der Waals surface area contributed by atoms with E-state index < -0.39 is 10.0 Å². The summed E-state index contributed by atoms with van der Waals surface area (Å²) >= 11 is 0. The molecule has 0 aliphatic carbocycles. The van der Waals surface area contributed by atoms with Gasteiger partial charge in [0.15, 0.2) is 0 Å². The van der Waals surface area contributed by atoms with Crippen molar-refractivity contribution in [1.82, 2.24) is 14.1 Å². The average molecular weight is 330 g/mol. The number of sulfonamides is 1. The molecule has 0 atom stereocenters. The molecule has 1 aromatic heterocycles. The van der Waals surface area contributed by atoms with Crippen LogP contribution in [0.25, 0.3) is 0 Å². The van der Waals surface area contributed by atoms with E-state index in [1.54, 1.807) is 25.3 Å². The third-order valence-electron chi connectivity index (χ3n) is 4.29. The third kappa shape index (κ3) is 2.87. The Hall–Kier alpha value is -2.17.